The number of anilines is 1. The molecule has 1 aromatic rings. The third-order valence-electron chi connectivity index (χ3n) is 2.50. The molecule has 0 radical (unpaired) electrons. The number of carbonyl (C=O) groups excluding carboxylic acids is 2. The standard InChI is InChI=1S/C11H9BrClNO3/c1-17-10-3-7(12)8(13)4-9(10)14-5-6(15)2-11(14)16/h3-4H,2,5H2,1H3. The first-order valence-corrected chi connectivity index (χ1v) is 6.05. The van der Waals surface area contributed by atoms with E-state index in [0.29, 0.717) is 20.9 Å². The Morgan fingerprint density at radius 2 is 2.12 bits per heavy atom. The van der Waals surface area contributed by atoms with Crippen molar-refractivity contribution in [3.8, 4) is 5.75 Å². The van der Waals surface area contributed by atoms with E-state index in [4.69, 9.17) is 16.3 Å². The van der Waals surface area contributed by atoms with E-state index in [2.05, 4.69) is 15.9 Å². The summed E-state index contributed by atoms with van der Waals surface area (Å²) in [7, 11) is 1.50. The van der Waals surface area contributed by atoms with E-state index in [1.165, 1.54) is 12.0 Å². The number of methoxy groups -OCH3 is 1. The fraction of sp³-hybridized carbons (Fsp3) is 0.273. The number of benzene rings is 1. The number of ketones is 1. The molecule has 1 aliphatic rings. The molecule has 0 bridgehead atoms. The molecule has 6 heteroatoms. The van der Waals surface area contributed by atoms with Gasteiger partial charge in [-0.15, -0.1) is 0 Å². The van der Waals surface area contributed by atoms with Crippen molar-refractivity contribution < 1.29 is 14.3 Å². The summed E-state index contributed by atoms with van der Waals surface area (Å²) in [6.07, 6.45) is -0.0587. The maximum atomic E-state index is 11.6. The summed E-state index contributed by atoms with van der Waals surface area (Å²) in [4.78, 5) is 24.3. The third-order valence-corrected chi connectivity index (χ3v) is 3.69. The molecule has 0 unspecified atom stereocenters. The van der Waals surface area contributed by atoms with Crippen molar-refractivity contribution >= 4 is 44.9 Å². The van der Waals surface area contributed by atoms with Crippen LogP contribution in [0, 0.1) is 0 Å². The molecule has 1 aliphatic heterocycles. The molecule has 0 aromatic heterocycles. The molecule has 17 heavy (non-hydrogen) atoms. The van der Waals surface area contributed by atoms with Crippen LogP contribution in [-0.2, 0) is 9.59 Å². The maximum absolute atomic E-state index is 11.6. The minimum Gasteiger partial charge on any atom is -0.495 e. The fourth-order valence-corrected chi connectivity index (χ4v) is 2.18. The van der Waals surface area contributed by atoms with Gasteiger partial charge in [0.1, 0.15) is 5.75 Å². The number of carbonyl (C=O) groups is 2. The van der Waals surface area contributed by atoms with E-state index in [9.17, 15) is 9.59 Å². The highest BCUT2D eigenvalue weighted by Crippen LogP contribution is 2.37. The van der Waals surface area contributed by atoms with Gasteiger partial charge in [0.2, 0.25) is 5.91 Å². The number of rotatable bonds is 2. The van der Waals surface area contributed by atoms with Crippen LogP contribution in [0.1, 0.15) is 6.42 Å². The molecule has 0 atom stereocenters. The lowest BCUT2D eigenvalue weighted by atomic mass is 10.2. The average molecular weight is 319 g/mol. The van der Waals surface area contributed by atoms with Crippen LogP contribution >= 0.6 is 27.5 Å². The zero-order chi connectivity index (χ0) is 12.6. The van der Waals surface area contributed by atoms with Crippen molar-refractivity contribution in [1.82, 2.24) is 0 Å². The SMILES string of the molecule is COc1cc(Br)c(Cl)cc1N1CC(=O)CC1=O. The molecular weight excluding hydrogens is 309 g/mol. The van der Waals surface area contributed by atoms with Crippen LogP contribution in [0.4, 0.5) is 5.69 Å². The second kappa shape index (κ2) is 4.66. The first-order valence-electron chi connectivity index (χ1n) is 4.88. The molecule has 0 spiro atoms. The molecule has 2 rings (SSSR count). The highest BCUT2D eigenvalue weighted by atomic mass is 79.9. The maximum Gasteiger partial charge on any atom is 0.235 e. The summed E-state index contributed by atoms with van der Waals surface area (Å²) in [5.74, 6) is 0.173. The van der Waals surface area contributed by atoms with Gasteiger partial charge < -0.3 is 9.64 Å². The highest BCUT2D eigenvalue weighted by Gasteiger charge is 2.30. The van der Waals surface area contributed by atoms with Crippen molar-refractivity contribution in [1.29, 1.82) is 0 Å². The molecule has 1 fully saturated rings. The largest absolute Gasteiger partial charge is 0.495 e. The number of halogens is 2. The Morgan fingerprint density at radius 3 is 2.65 bits per heavy atom. The van der Waals surface area contributed by atoms with Gasteiger partial charge in [0, 0.05) is 4.47 Å². The Bertz CT molecular complexity index is 504. The van der Waals surface area contributed by atoms with E-state index < -0.39 is 0 Å². The summed E-state index contributed by atoms with van der Waals surface area (Å²) < 4.78 is 5.86. The van der Waals surface area contributed by atoms with Crippen molar-refractivity contribution in [2.45, 2.75) is 6.42 Å². The van der Waals surface area contributed by atoms with E-state index in [1.54, 1.807) is 12.1 Å². The summed E-state index contributed by atoms with van der Waals surface area (Å²) >= 11 is 9.25. The fourth-order valence-electron chi connectivity index (χ4n) is 1.70. The van der Waals surface area contributed by atoms with Gasteiger partial charge in [0.25, 0.3) is 0 Å². The predicted molar refractivity (Wildman–Crippen MR) is 67.7 cm³/mol. The van der Waals surface area contributed by atoms with Gasteiger partial charge >= 0.3 is 0 Å². The Labute approximate surface area is 112 Å². The predicted octanol–water partition coefficient (Wildman–Crippen LogP) is 2.42. The summed E-state index contributed by atoms with van der Waals surface area (Å²) in [5, 5.41) is 0.466. The second-order valence-corrected chi connectivity index (χ2v) is 4.90. The number of hydrogen-bond donors (Lipinski definition) is 0. The van der Waals surface area contributed by atoms with Gasteiger partial charge in [-0.1, -0.05) is 11.6 Å². The van der Waals surface area contributed by atoms with Crippen LogP contribution in [0.25, 0.3) is 0 Å². The normalized spacial score (nSPS) is 15.6. The Morgan fingerprint density at radius 1 is 1.41 bits per heavy atom. The van der Waals surface area contributed by atoms with Crippen molar-refractivity contribution in [3.05, 3.63) is 21.6 Å². The van der Waals surface area contributed by atoms with Crippen LogP contribution < -0.4 is 9.64 Å². The van der Waals surface area contributed by atoms with E-state index in [1.807, 2.05) is 0 Å². The number of hydrogen-bond acceptors (Lipinski definition) is 3. The number of amides is 1. The van der Waals surface area contributed by atoms with Crippen LogP contribution in [0.5, 0.6) is 5.75 Å². The van der Waals surface area contributed by atoms with Gasteiger partial charge in [0.15, 0.2) is 5.78 Å². The Kier molecular flexibility index (Phi) is 3.40. The van der Waals surface area contributed by atoms with Gasteiger partial charge in [-0.2, -0.15) is 0 Å². The average Bonchev–Trinajstić information content (AvgIpc) is 2.61. The van der Waals surface area contributed by atoms with Crippen LogP contribution in [0.15, 0.2) is 16.6 Å². The first kappa shape index (κ1) is 12.4. The minimum absolute atomic E-state index is 0.0587. The van der Waals surface area contributed by atoms with Crippen LogP contribution in [-0.4, -0.2) is 25.3 Å². The topological polar surface area (TPSA) is 46.6 Å². The quantitative estimate of drug-likeness (QED) is 0.787. The van der Waals surface area contributed by atoms with E-state index in [0.717, 1.165) is 0 Å². The Hall–Kier alpha value is -1.07. The second-order valence-electron chi connectivity index (χ2n) is 3.63. The molecule has 0 saturated carbocycles. The smallest absolute Gasteiger partial charge is 0.235 e. The number of Topliss-reactive ketones (excluding diaryl/α,β-unsaturated/α-hetero) is 1. The van der Waals surface area contributed by atoms with E-state index >= 15 is 0 Å². The zero-order valence-electron chi connectivity index (χ0n) is 9.00. The van der Waals surface area contributed by atoms with Crippen LogP contribution in [0.3, 0.4) is 0 Å². The molecule has 1 heterocycles. The van der Waals surface area contributed by atoms with Gasteiger partial charge in [-0.05, 0) is 28.1 Å². The molecular formula is C11H9BrClNO3. The van der Waals surface area contributed by atoms with Gasteiger partial charge in [-0.3, -0.25) is 9.59 Å². The van der Waals surface area contributed by atoms with Crippen molar-refractivity contribution in [3.63, 3.8) is 0 Å². The molecule has 90 valence electrons. The molecule has 0 N–H and O–H groups in total. The summed E-state index contributed by atoms with van der Waals surface area (Å²) in [6.45, 7) is 0.0765. The zero-order valence-corrected chi connectivity index (χ0v) is 11.3. The molecule has 1 saturated heterocycles. The number of nitrogens with zero attached hydrogens (tertiary/aromatic N) is 1. The van der Waals surface area contributed by atoms with Crippen molar-refractivity contribution in [2.75, 3.05) is 18.6 Å². The summed E-state index contributed by atoms with van der Waals surface area (Å²) in [5.41, 5.74) is 0.525. The van der Waals surface area contributed by atoms with Gasteiger partial charge in [-0.25, -0.2) is 0 Å². The monoisotopic (exact) mass is 317 g/mol. The van der Waals surface area contributed by atoms with Gasteiger partial charge in [0.05, 0.1) is 30.8 Å². The first-order chi connectivity index (χ1) is 8.02. The molecule has 1 aromatic carbocycles. The van der Waals surface area contributed by atoms with E-state index in [-0.39, 0.29) is 24.7 Å². The van der Waals surface area contributed by atoms with Crippen LogP contribution in [0.2, 0.25) is 5.02 Å². The lowest BCUT2D eigenvalue weighted by molar-refractivity contribution is -0.121. The lowest BCUT2D eigenvalue weighted by Crippen LogP contribution is -2.25. The minimum atomic E-state index is -0.230. The highest BCUT2D eigenvalue weighted by molar-refractivity contribution is 9.10. The summed E-state index contributed by atoms with van der Waals surface area (Å²) in [6, 6.07) is 3.29. The van der Waals surface area contributed by atoms with Crippen molar-refractivity contribution in [2.24, 2.45) is 0 Å². The third kappa shape index (κ3) is 2.30. The Balaban J connectivity index is 2.47. The molecule has 1 amide bonds. The number of ether oxygens (including phenoxy) is 1. The molecule has 4 nitrogen and oxygen atoms in total. The lowest BCUT2D eigenvalue weighted by Gasteiger charge is -2.18. The molecule has 0 aliphatic carbocycles.